The van der Waals surface area contributed by atoms with Crippen LogP contribution in [0.1, 0.15) is 24.2 Å². The average Bonchev–Trinajstić information content (AvgIpc) is 3.12. The Morgan fingerprint density at radius 3 is 2.59 bits per heavy atom. The zero-order valence-corrected chi connectivity index (χ0v) is 15.6. The van der Waals surface area contributed by atoms with Crippen molar-refractivity contribution < 1.29 is 14.6 Å². The van der Waals surface area contributed by atoms with Gasteiger partial charge in [-0.2, -0.15) is 5.10 Å². The maximum absolute atomic E-state index is 13.4. The van der Waals surface area contributed by atoms with Gasteiger partial charge in [-0.05, 0) is 44.3 Å². The number of hydrogen-bond acceptors (Lipinski definition) is 6. The van der Waals surface area contributed by atoms with Crippen LogP contribution in [-0.2, 0) is 21.5 Å². The molecule has 3 aliphatic rings. The third-order valence-electron chi connectivity index (χ3n) is 6.07. The second kappa shape index (κ2) is 7.40. The molecular weight excluding hydrogens is 344 g/mol. The van der Waals surface area contributed by atoms with Crippen molar-refractivity contribution in [1.29, 1.82) is 0 Å². The predicted molar refractivity (Wildman–Crippen MR) is 99.0 cm³/mol. The molecule has 1 aromatic heterocycles. The Hall–Kier alpha value is -2.25. The molecule has 1 aromatic carbocycles. The summed E-state index contributed by atoms with van der Waals surface area (Å²) in [6, 6.07) is 9.36. The molecule has 0 radical (unpaired) electrons. The lowest BCUT2D eigenvalue weighted by Gasteiger charge is -2.45. The van der Waals surface area contributed by atoms with Crippen LogP contribution in [0.15, 0.2) is 36.7 Å². The molecule has 0 unspecified atom stereocenters. The van der Waals surface area contributed by atoms with E-state index in [0.717, 1.165) is 38.0 Å². The van der Waals surface area contributed by atoms with Crippen LogP contribution < -0.4 is 0 Å². The Kier molecular flexibility index (Phi) is 4.97. The fourth-order valence-corrected chi connectivity index (χ4v) is 4.26. The molecule has 0 spiro atoms. The van der Waals surface area contributed by atoms with Crippen LogP contribution in [0.5, 0.6) is 0 Å². The van der Waals surface area contributed by atoms with E-state index < -0.39 is 5.41 Å². The Bertz CT molecular complexity index is 786. The van der Waals surface area contributed by atoms with Crippen molar-refractivity contribution in [2.75, 3.05) is 26.2 Å². The molecule has 3 aliphatic heterocycles. The minimum Gasteiger partial charge on any atom is -0.460 e. The number of carbonyl (C=O) groups excluding carboxylic acids is 1. The molecule has 144 valence electrons. The van der Waals surface area contributed by atoms with E-state index in [4.69, 9.17) is 4.74 Å². The van der Waals surface area contributed by atoms with Gasteiger partial charge in [0.15, 0.2) is 0 Å². The first-order valence-corrected chi connectivity index (χ1v) is 9.56. The van der Waals surface area contributed by atoms with Crippen molar-refractivity contribution in [3.63, 3.8) is 0 Å². The van der Waals surface area contributed by atoms with Crippen molar-refractivity contribution >= 4 is 5.97 Å². The number of hydrogen-bond donors (Lipinski definition) is 1. The zero-order chi connectivity index (χ0) is 18.9. The number of fused-ring (bicyclic) bond motifs is 3. The smallest absolute Gasteiger partial charge is 0.321 e. The standard InChI is InChI=1S/C20H26N4O3/c1-15-21-14-22-24(15)12-20(13-25,17-5-3-2-4-6-17)19(26)27-18-11-23-9-7-16(18)8-10-23/h2-6,14,16,18,25H,7-13H2,1H3/t18-,20+/m0/s1. The van der Waals surface area contributed by atoms with E-state index in [1.807, 2.05) is 37.3 Å². The summed E-state index contributed by atoms with van der Waals surface area (Å²) in [5.74, 6) is 0.725. The van der Waals surface area contributed by atoms with Crippen LogP contribution >= 0.6 is 0 Å². The number of nitrogens with zero attached hydrogens (tertiary/aromatic N) is 4. The van der Waals surface area contributed by atoms with Crippen molar-refractivity contribution in [3.05, 3.63) is 48.0 Å². The van der Waals surface area contributed by atoms with Crippen molar-refractivity contribution in [2.45, 2.75) is 37.8 Å². The molecule has 2 bridgehead atoms. The van der Waals surface area contributed by atoms with Gasteiger partial charge in [0.2, 0.25) is 0 Å². The summed E-state index contributed by atoms with van der Waals surface area (Å²) in [4.78, 5) is 19.9. The number of carbonyl (C=O) groups is 1. The van der Waals surface area contributed by atoms with Crippen molar-refractivity contribution in [3.8, 4) is 0 Å². The monoisotopic (exact) mass is 370 g/mol. The van der Waals surface area contributed by atoms with Gasteiger partial charge >= 0.3 is 5.97 Å². The van der Waals surface area contributed by atoms with E-state index in [1.165, 1.54) is 6.33 Å². The summed E-state index contributed by atoms with van der Waals surface area (Å²) in [5.41, 5.74) is -0.472. The van der Waals surface area contributed by atoms with Crippen LogP contribution in [0.25, 0.3) is 0 Å². The first kappa shape index (κ1) is 18.1. The van der Waals surface area contributed by atoms with Crippen LogP contribution in [-0.4, -0.2) is 63.1 Å². The highest BCUT2D eigenvalue weighted by Gasteiger charge is 2.46. The molecule has 27 heavy (non-hydrogen) atoms. The maximum Gasteiger partial charge on any atom is 0.321 e. The van der Waals surface area contributed by atoms with E-state index in [0.29, 0.717) is 11.7 Å². The van der Waals surface area contributed by atoms with Crippen LogP contribution in [0.4, 0.5) is 0 Å². The zero-order valence-electron chi connectivity index (χ0n) is 15.6. The quantitative estimate of drug-likeness (QED) is 0.769. The summed E-state index contributed by atoms with van der Waals surface area (Å²) in [7, 11) is 0. The predicted octanol–water partition coefficient (Wildman–Crippen LogP) is 1.15. The molecule has 5 rings (SSSR count). The fourth-order valence-electron chi connectivity index (χ4n) is 4.26. The second-order valence-corrected chi connectivity index (χ2v) is 7.65. The highest BCUT2D eigenvalue weighted by molar-refractivity contribution is 5.83. The number of rotatable bonds is 6. The second-order valence-electron chi connectivity index (χ2n) is 7.65. The average molecular weight is 370 g/mol. The summed E-state index contributed by atoms with van der Waals surface area (Å²) in [5, 5.41) is 14.6. The Morgan fingerprint density at radius 2 is 2.04 bits per heavy atom. The molecule has 7 nitrogen and oxygen atoms in total. The SMILES string of the molecule is Cc1ncnn1C[C@](CO)(C(=O)O[C@H]1CN2CCC1CC2)c1ccccc1. The van der Waals surface area contributed by atoms with Gasteiger partial charge in [-0.1, -0.05) is 30.3 Å². The molecule has 4 heterocycles. The largest absolute Gasteiger partial charge is 0.460 e. The lowest BCUT2D eigenvalue weighted by molar-refractivity contribution is -0.168. The van der Waals surface area contributed by atoms with E-state index in [9.17, 15) is 9.90 Å². The van der Waals surface area contributed by atoms with E-state index >= 15 is 0 Å². The molecule has 3 fully saturated rings. The van der Waals surface area contributed by atoms with Gasteiger partial charge in [-0.3, -0.25) is 9.69 Å². The Balaban J connectivity index is 1.64. The van der Waals surface area contributed by atoms with Crippen LogP contribution in [0.3, 0.4) is 0 Å². The van der Waals surface area contributed by atoms with Crippen molar-refractivity contribution in [2.24, 2.45) is 5.92 Å². The molecule has 7 heteroatoms. The third kappa shape index (κ3) is 3.37. The maximum atomic E-state index is 13.4. The van der Waals surface area contributed by atoms with Gasteiger partial charge in [0.05, 0.1) is 13.2 Å². The first-order chi connectivity index (χ1) is 13.1. The molecule has 2 atom stereocenters. The number of aryl methyl sites for hydroxylation is 1. The number of piperidine rings is 3. The number of esters is 1. The first-order valence-electron chi connectivity index (χ1n) is 9.56. The van der Waals surface area contributed by atoms with Crippen LogP contribution in [0, 0.1) is 12.8 Å². The summed E-state index contributed by atoms with van der Waals surface area (Å²) < 4.78 is 7.68. The van der Waals surface area contributed by atoms with Gasteiger partial charge in [0.1, 0.15) is 23.7 Å². The number of aliphatic hydroxyl groups excluding tert-OH is 1. The molecule has 2 aromatic rings. The van der Waals surface area contributed by atoms with Crippen LogP contribution in [0.2, 0.25) is 0 Å². The molecule has 0 saturated carbocycles. The summed E-state index contributed by atoms with van der Waals surface area (Å²) in [6.07, 6.45) is 3.49. The molecule has 0 aliphatic carbocycles. The topological polar surface area (TPSA) is 80.5 Å². The molecule has 3 saturated heterocycles. The van der Waals surface area contributed by atoms with Gasteiger partial charge in [0, 0.05) is 6.54 Å². The normalized spacial score (nSPS) is 26.5. The summed E-state index contributed by atoms with van der Waals surface area (Å²) in [6.45, 7) is 4.63. The minimum absolute atomic E-state index is 0.105. The number of aliphatic hydroxyl groups is 1. The fraction of sp³-hybridized carbons (Fsp3) is 0.550. The van der Waals surface area contributed by atoms with Crippen molar-refractivity contribution in [1.82, 2.24) is 19.7 Å². The number of aromatic nitrogens is 3. The summed E-state index contributed by atoms with van der Waals surface area (Å²) >= 11 is 0. The molecular formula is C20H26N4O3. The molecule has 0 amide bonds. The Labute approximate surface area is 159 Å². The van der Waals surface area contributed by atoms with E-state index in [2.05, 4.69) is 15.0 Å². The highest BCUT2D eigenvalue weighted by Crippen LogP contribution is 2.33. The number of ether oxygens (including phenoxy) is 1. The van der Waals surface area contributed by atoms with E-state index in [-0.39, 0.29) is 25.2 Å². The highest BCUT2D eigenvalue weighted by atomic mass is 16.5. The Morgan fingerprint density at radius 1 is 1.30 bits per heavy atom. The van der Waals surface area contributed by atoms with Gasteiger partial charge < -0.3 is 9.84 Å². The third-order valence-corrected chi connectivity index (χ3v) is 6.07. The van der Waals surface area contributed by atoms with Gasteiger partial charge in [-0.15, -0.1) is 0 Å². The number of benzene rings is 1. The lowest BCUT2D eigenvalue weighted by atomic mass is 9.80. The molecule has 1 N–H and O–H groups in total. The lowest BCUT2D eigenvalue weighted by Crippen LogP contribution is -2.54. The van der Waals surface area contributed by atoms with Gasteiger partial charge in [0.25, 0.3) is 0 Å². The van der Waals surface area contributed by atoms with Gasteiger partial charge in [-0.25, -0.2) is 9.67 Å². The van der Waals surface area contributed by atoms with E-state index in [1.54, 1.807) is 4.68 Å². The minimum atomic E-state index is -1.20.